The number of aromatic nitrogens is 3. The Morgan fingerprint density at radius 2 is 1.86 bits per heavy atom. The highest BCUT2D eigenvalue weighted by atomic mass is 16.5. The minimum absolute atomic E-state index is 0.235. The molecule has 0 atom stereocenters. The molecule has 0 aliphatic heterocycles. The molecule has 4 aromatic rings. The van der Waals surface area contributed by atoms with Gasteiger partial charge in [0.2, 0.25) is 5.88 Å². The molecule has 0 saturated carbocycles. The van der Waals surface area contributed by atoms with Gasteiger partial charge in [-0.1, -0.05) is 12.1 Å². The summed E-state index contributed by atoms with van der Waals surface area (Å²) < 4.78 is 7.44. The summed E-state index contributed by atoms with van der Waals surface area (Å²) in [5.74, 6) is 1.41. The van der Waals surface area contributed by atoms with Crippen LogP contribution in [0.4, 0.5) is 0 Å². The van der Waals surface area contributed by atoms with Crippen LogP contribution in [0.1, 0.15) is 0 Å². The Hall–Kier alpha value is -3.08. The predicted octanol–water partition coefficient (Wildman–Crippen LogP) is 3.38. The molecule has 0 bridgehead atoms. The number of fused-ring (bicyclic) bond motifs is 2. The number of phenolic OH excluding ortho intramolecular Hbond substituents is 1. The molecule has 2 aromatic carbocycles. The van der Waals surface area contributed by atoms with E-state index in [9.17, 15) is 5.11 Å². The van der Waals surface area contributed by atoms with Gasteiger partial charge in [-0.05, 0) is 35.0 Å². The third-order valence-electron chi connectivity index (χ3n) is 3.25. The van der Waals surface area contributed by atoms with Gasteiger partial charge in [0.25, 0.3) is 0 Å². The summed E-state index contributed by atoms with van der Waals surface area (Å²) in [6, 6.07) is 14.5. The fourth-order valence-corrected chi connectivity index (χ4v) is 2.25. The number of ether oxygens (including phenoxy) is 1. The molecule has 5 heteroatoms. The van der Waals surface area contributed by atoms with Gasteiger partial charge in [0.05, 0.1) is 6.20 Å². The number of hydrogen-bond donors (Lipinski definition) is 1. The normalized spacial score (nSPS) is 11.0. The van der Waals surface area contributed by atoms with Crippen LogP contribution in [0.5, 0.6) is 17.4 Å². The highest BCUT2D eigenvalue weighted by Crippen LogP contribution is 2.27. The summed E-state index contributed by atoms with van der Waals surface area (Å²) in [6.07, 6.45) is 3.48. The Labute approximate surface area is 120 Å². The Morgan fingerprint density at radius 3 is 2.81 bits per heavy atom. The molecule has 102 valence electrons. The Balaban J connectivity index is 1.72. The molecule has 0 aliphatic rings. The lowest BCUT2D eigenvalue weighted by Crippen LogP contribution is -1.92. The maximum absolute atomic E-state index is 9.54. The topological polar surface area (TPSA) is 59.7 Å². The van der Waals surface area contributed by atoms with Gasteiger partial charge in [-0.25, -0.2) is 4.52 Å². The molecule has 0 saturated heterocycles. The lowest BCUT2D eigenvalue weighted by Gasteiger charge is -2.06. The summed E-state index contributed by atoms with van der Waals surface area (Å²) >= 11 is 0. The zero-order valence-electron chi connectivity index (χ0n) is 11.0. The number of hydrogen-bond acceptors (Lipinski definition) is 4. The molecule has 0 fully saturated rings. The van der Waals surface area contributed by atoms with E-state index in [2.05, 4.69) is 10.1 Å². The number of nitrogens with zero attached hydrogens (tertiary/aromatic N) is 3. The average molecular weight is 277 g/mol. The summed E-state index contributed by atoms with van der Waals surface area (Å²) in [5, 5.41) is 15.6. The predicted molar refractivity (Wildman–Crippen MR) is 78.7 cm³/mol. The monoisotopic (exact) mass is 277 g/mol. The van der Waals surface area contributed by atoms with Crippen molar-refractivity contribution in [3.63, 3.8) is 0 Å². The van der Waals surface area contributed by atoms with E-state index in [0.717, 1.165) is 16.4 Å². The SMILES string of the molecule is Oc1ccc2ccc(Oc3ccn4nccc4n3)cc2c1. The fraction of sp³-hybridized carbons (Fsp3) is 0. The summed E-state index contributed by atoms with van der Waals surface area (Å²) in [7, 11) is 0. The first-order valence-corrected chi connectivity index (χ1v) is 6.49. The van der Waals surface area contributed by atoms with Gasteiger partial charge in [0, 0.05) is 18.3 Å². The first-order valence-electron chi connectivity index (χ1n) is 6.49. The van der Waals surface area contributed by atoms with E-state index in [4.69, 9.17) is 4.74 Å². The van der Waals surface area contributed by atoms with Crippen LogP contribution in [0.3, 0.4) is 0 Å². The second-order valence-corrected chi connectivity index (χ2v) is 4.70. The Kier molecular flexibility index (Phi) is 2.50. The molecule has 2 aromatic heterocycles. The second kappa shape index (κ2) is 4.49. The third-order valence-corrected chi connectivity index (χ3v) is 3.25. The molecule has 0 spiro atoms. The maximum atomic E-state index is 9.54. The van der Waals surface area contributed by atoms with Crippen molar-refractivity contribution in [2.24, 2.45) is 0 Å². The van der Waals surface area contributed by atoms with Crippen LogP contribution < -0.4 is 4.74 Å². The van der Waals surface area contributed by atoms with Gasteiger partial charge in [-0.15, -0.1) is 0 Å². The van der Waals surface area contributed by atoms with Crippen molar-refractivity contribution in [1.82, 2.24) is 14.6 Å². The zero-order chi connectivity index (χ0) is 14.2. The number of aromatic hydroxyl groups is 1. The first kappa shape index (κ1) is 11.7. The largest absolute Gasteiger partial charge is 0.508 e. The number of benzene rings is 2. The van der Waals surface area contributed by atoms with Crippen LogP contribution in [0, 0.1) is 0 Å². The third kappa shape index (κ3) is 2.14. The molecular formula is C16H11N3O2. The van der Waals surface area contributed by atoms with Crippen LogP contribution in [0.15, 0.2) is 60.9 Å². The van der Waals surface area contributed by atoms with E-state index < -0.39 is 0 Å². The van der Waals surface area contributed by atoms with Crippen molar-refractivity contribution in [2.75, 3.05) is 0 Å². The standard InChI is InChI=1S/C16H11N3O2/c20-13-3-1-11-2-4-14(10-12(11)9-13)21-16-6-8-19-15(18-16)5-7-17-19/h1-10,20H. The van der Waals surface area contributed by atoms with Crippen molar-refractivity contribution >= 4 is 16.4 Å². The van der Waals surface area contributed by atoms with Gasteiger partial charge in [0.1, 0.15) is 11.5 Å². The van der Waals surface area contributed by atoms with Crippen molar-refractivity contribution in [2.45, 2.75) is 0 Å². The van der Waals surface area contributed by atoms with E-state index in [-0.39, 0.29) is 5.75 Å². The van der Waals surface area contributed by atoms with Crippen LogP contribution in [-0.4, -0.2) is 19.7 Å². The van der Waals surface area contributed by atoms with E-state index in [1.165, 1.54) is 0 Å². The molecule has 1 N–H and O–H groups in total. The zero-order valence-corrected chi connectivity index (χ0v) is 11.0. The Bertz CT molecular complexity index is 946. The number of phenols is 1. The minimum Gasteiger partial charge on any atom is -0.508 e. The average Bonchev–Trinajstić information content (AvgIpc) is 2.94. The molecule has 4 rings (SSSR count). The smallest absolute Gasteiger partial charge is 0.222 e. The van der Waals surface area contributed by atoms with Gasteiger partial charge in [-0.3, -0.25) is 0 Å². The van der Waals surface area contributed by atoms with Gasteiger partial charge < -0.3 is 9.84 Å². The summed E-state index contributed by atoms with van der Waals surface area (Å²) in [4.78, 5) is 4.36. The van der Waals surface area contributed by atoms with E-state index >= 15 is 0 Å². The molecule has 21 heavy (non-hydrogen) atoms. The lowest BCUT2D eigenvalue weighted by atomic mass is 10.1. The number of rotatable bonds is 2. The second-order valence-electron chi connectivity index (χ2n) is 4.70. The highest BCUT2D eigenvalue weighted by Gasteiger charge is 2.03. The van der Waals surface area contributed by atoms with Crippen molar-refractivity contribution in [1.29, 1.82) is 0 Å². The van der Waals surface area contributed by atoms with Crippen LogP contribution in [-0.2, 0) is 0 Å². The van der Waals surface area contributed by atoms with Crippen LogP contribution in [0.25, 0.3) is 16.4 Å². The molecule has 0 unspecified atom stereocenters. The first-order chi connectivity index (χ1) is 10.3. The molecule has 5 nitrogen and oxygen atoms in total. The molecule has 0 amide bonds. The molecular weight excluding hydrogens is 266 g/mol. The van der Waals surface area contributed by atoms with E-state index in [1.54, 1.807) is 35.1 Å². The summed E-state index contributed by atoms with van der Waals surface area (Å²) in [6.45, 7) is 0. The van der Waals surface area contributed by atoms with Crippen molar-refractivity contribution in [3.05, 3.63) is 60.9 Å². The molecule has 0 aliphatic carbocycles. The van der Waals surface area contributed by atoms with Crippen LogP contribution >= 0.6 is 0 Å². The fourth-order valence-electron chi connectivity index (χ4n) is 2.25. The molecule has 2 heterocycles. The van der Waals surface area contributed by atoms with Crippen LogP contribution in [0.2, 0.25) is 0 Å². The quantitative estimate of drug-likeness (QED) is 0.610. The van der Waals surface area contributed by atoms with Gasteiger partial charge in [-0.2, -0.15) is 10.1 Å². The van der Waals surface area contributed by atoms with Gasteiger partial charge in [0.15, 0.2) is 5.65 Å². The van der Waals surface area contributed by atoms with Crippen molar-refractivity contribution < 1.29 is 9.84 Å². The highest BCUT2D eigenvalue weighted by molar-refractivity contribution is 5.85. The summed E-state index contributed by atoms with van der Waals surface area (Å²) in [5.41, 5.74) is 0.728. The van der Waals surface area contributed by atoms with Gasteiger partial charge >= 0.3 is 0 Å². The van der Waals surface area contributed by atoms with Crippen molar-refractivity contribution in [3.8, 4) is 17.4 Å². The maximum Gasteiger partial charge on any atom is 0.222 e. The lowest BCUT2D eigenvalue weighted by molar-refractivity contribution is 0.463. The minimum atomic E-state index is 0.235. The van der Waals surface area contributed by atoms with E-state index in [1.807, 2.05) is 30.3 Å². The molecule has 0 radical (unpaired) electrons. The van der Waals surface area contributed by atoms with E-state index in [0.29, 0.717) is 11.6 Å². The Morgan fingerprint density at radius 1 is 0.952 bits per heavy atom.